The number of nitrogens with two attached hydrogens (primary N) is 1. The predicted octanol–water partition coefficient (Wildman–Crippen LogP) is 12.9. The Labute approximate surface area is 443 Å². The van der Waals surface area contributed by atoms with Gasteiger partial charge in [-0.25, -0.2) is 19.6 Å². The van der Waals surface area contributed by atoms with Crippen LogP contribution < -0.4 is 25.3 Å². The topological polar surface area (TPSA) is 199 Å². The highest BCUT2D eigenvalue weighted by Crippen LogP contribution is 2.37. The molecular weight excluding hydrogens is 953 g/mol. The largest absolute Gasteiger partial charge is 0.507 e. The lowest BCUT2D eigenvalue weighted by molar-refractivity contribution is -0.159. The molecule has 2 aromatic heterocycles. The smallest absolute Gasteiger partial charge is 0.414 e. The maximum absolute atomic E-state index is 10.1. The molecule has 0 unspecified atom stereocenters. The highest BCUT2D eigenvalue weighted by molar-refractivity contribution is 7.13. The van der Waals surface area contributed by atoms with Crippen LogP contribution in [0.4, 0.5) is 0 Å². The first-order chi connectivity index (χ1) is 35.7. The minimum Gasteiger partial charge on any atom is -0.507 e. The van der Waals surface area contributed by atoms with Crippen LogP contribution in [0, 0.1) is 13.8 Å². The Morgan fingerprint density at radius 3 is 2.11 bits per heavy atom. The molecule has 0 aliphatic carbocycles. The van der Waals surface area contributed by atoms with Gasteiger partial charge in [-0.05, 0) is 174 Å². The van der Waals surface area contributed by atoms with Crippen LogP contribution in [-0.4, -0.2) is 76.7 Å². The summed E-state index contributed by atoms with van der Waals surface area (Å²) in [5.41, 5.74) is 17.8. The maximum atomic E-state index is 10.1. The molecule has 6 aromatic rings. The number of aromatic hydroxyl groups is 1. The van der Waals surface area contributed by atoms with E-state index in [2.05, 4.69) is 106 Å². The number of carbonyl (C=O) groups is 2. The molecule has 0 amide bonds. The van der Waals surface area contributed by atoms with Gasteiger partial charge >= 0.3 is 11.9 Å². The third-order valence-electron chi connectivity index (χ3n) is 12.2. The number of aryl methyl sites for hydroxylation is 6. The van der Waals surface area contributed by atoms with Crippen molar-refractivity contribution in [2.45, 2.75) is 145 Å². The Hall–Kier alpha value is -6.22. The number of nitrogens with one attached hydrogen (secondary N) is 1. The lowest BCUT2D eigenvalue weighted by atomic mass is 9.94. The zero-order valence-electron chi connectivity index (χ0n) is 45.2. The number of rotatable bonds is 28. The van der Waals surface area contributed by atoms with Crippen molar-refractivity contribution in [2.24, 2.45) is 5.73 Å². The number of benzene rings is 4. The SMILES string of the molecule is CCCNCCCCCCc1ccc(OCCc2csc(-c3cc(CCC)c(OCC)c(C(C)C)c3)n2)cc1.CCc1cc(-c2nc(CCOc3ccc(C)cc3CCCN)co2)cc(C)c1O.O=C(O)C(=O)O. The van der Waals surface area contributed by atoms with Gasteiger partial charge in [0, 0.05) is 29.3 Å². The summed E-state index contributed by atoms with van der Waals surface area (Å²) in [6.07, 6.45) is 15.4. The number of nitrogens with zero attached hydrogens (tertiary/aromatic N) is 2. The Morgan fingerprint density at radius 1 is 0.716 bits per heavy atom. The fraction of sp³-hybridized carbons (Fsp3) is 0.467. The van der Waals surface area contributed by atoms with Crippen molar-refractivity contribution in [1.29, 1.82) is 0 Å². The lowest BCUT2D eigenvalue weighted by Gasteiger charge is -2.19. The number of hydrogen-bond acceptors (Lipinski definition) is 12. The number of aliphatic carboxylic acids is 2. The van der Waals surface area contributed by atoms with Crippen molar-refractivity contribution in [2.75, 3.05) is 39.5 Å². The summed E-state index contributed by atoms with van der Waals surface area (Å²) in [5.74, 6) is 0.591. The maximum Gasteiger partial charge on any atom is 0.414 e. The summed E-state index contributed by atoms with van der Waals surface area (Å²) in [6.45, 7) is 21.8. The molecule has 0 saturated carbocycles. The standard InChI is InChI=1S/C34H50N2O2S.C24H30N2O3.C2H2O4/c1-6-13-28-23-29(24-32(26(4)5)33(28)37-8-3)34-36-30(25-39-34)19-22-38-31-17-15-27(16-18-31)14-11-9-10-12-21-35-20-7-2;1-4-18-14-20(13-17(3)23(18)27)24-26-21(15-29-24)9-11-28-22-8-7-16(2)12-19(22)6-5-10-25;3-1(4)2(5)6/h15-18,23-26,35H,6-14,19-22H2,1-5H3;7-8,12-15,27H,4-6,9-11,25H2,1-3H3;(H,3,4)(H,5,6). The summed E-state index contributed by atoms with van der Waals surface area (Å²) in [6, 6.07) is 23.3. The summed E-state index contributed by atoms with van der Waals surface area (Å²) in [7, 11) is 0. The number of aromatic nitrogens is 2. The molecule has 13 nitrogen and oxygen atoms in total. The Kier molecular flexibility index (Phi) is 26.8. The van der Waals surface area contributed by atoms with Crippen LogP contribution in [0.5, 0.6) is 23.0 Å². The number of phenols is 1. The van der Waals surface area contributed by atoms with Gasteiger partial charge in [0.1, 0.15) is 34.3 Å². The van der Waals surface area contributed by atoms with Gasteiger partial charge in [-0.15, -0.1) is 11.3 Å². The number of thiazole rings is 1. The van der Waals surface area contributed by atoms with Crippen LogP contribution in [0.1, 0.15) is 143 Å². The molecule has 0 atom stereocenters. The van der Waals surface area contributed by atoms with E-state index in [4.69, 9.17) is 49.1 Å². The summed E-state index contributed by atoms with van der Waals surface area (Å²) in [4.78, 5) is 27.8. The third-order valence-corrected chi connectivity index (χ3v) is 13.1. The molecule has 6 N–H and O–H groups in total. The van der Waals surface area contributed by atoms with Crippen molar-refractivity contribution in [3.05, 3.63) is 129 Å². The van der Waals surface area contributed by atoms with Gasteiger partial charge in [0.25, 0.3) is 0 Å². The zero-order chi connectivity index (χ0) is 53.8. The van der Waals surface area contributed by atoms with E-state index in [9.17, 15) is 5.11 Å². The molecule has 0 saturated heterocycles. The van der Waals surface area contributed by atoms with Gasteiger partial charge in [0.2, 0.25) is 5.89 Å². The van der Waals surface area contributed by atoms with E-state index in [0.717, 1.165) is 108 Å². The van der Waals surface area contributed by atoms with Gasteiger partial charge in [0.15, 0.2) is 0 Å². The average Bonchev–Trinajstić information content (AvgIpc) is 4.07. The first kappa shape index (κ1) is 60.3. The molecule has 0 fully saturated rings. The molecule has 6 rings (SSSR count). The average molecular weight is 1040 g/mol. The van der Waals surface area contributed by atoms with Crippen LogP contribution >= 0.6 is 11.3 Å². The van der Waals surface area contributed by atoms with Crippen molar-refractivity contribution >= 4 is 23.3 Å². The van der Waals surface area contributed by atoms with E-state index < -0.39 is 11.9 Å². The van der Waals surface area contributed by atoms with E-state index in [1.807, 2.05) is 32.0 Å². The van der Waals surface area contributed by atoms with Gasteiger partial charge in [-0.2, -0.15) is 0 Å². The van der Waals surface area contributed by atoms with Gasteiger partial charge in [-0.1, -0.05) is 83.7 Å². The van der Waals surface area contributed by atoms with E-state index in [1.54, 1.807) is 17.6 Å². The van der Waals surface area contributed by atoms with Crippen molar-refractivity contribution < 1.29 is 43.5 Å². The molecule has 0 aliphatic heterocycles. The van der Waals surface area contributed by atoms with E-state index in [1.165, 1.54) is 65.5 Å². The molecule has 0 bridgehead atoms. The quantitative estimate of drug-likeness (QED) is 0.0230. The summed E-state index contributed by atoms with van der Waals surface area (Å²) in [5, 5.41) is 31.6. The molecule has 0 radical (unpaired) electrons. The van der Waals surface area contributed by atoms with Crippen LogP contribution in [0.15, 0.2) is 82.8 Å². The second-order valence-corrected chi connectivity index (χ2v) is 19.6. The minimum absolute atomic E-state index is 0.347. The normalized spacial score (nSPS) is 10.9. The number of hydrogen-bond donors (Lipinski definition) is 5. The summed E-state index contributed by atoms with van der Waals surface area (Å²) >= 11 is 1.72. The highest BCUT2D eigenvalue weighted by atomic mass is 32.1. The second-order valence-electron chi connectivity index (χ2n) is 18.7. The predicted molar refractivity (Wildman–Crippen MR) is 299 cm³/mol. The fourth-order valence-electron chi connectivity index (χ4n) is 8.26. The number of unbranched alkanes of at least 4 members (excludes halogenated alkanes) is 3. The molecule has 0 spiro atoms. The molecule has 402 valence electrons. The van der Waals surface area contributed by atoms with Crippen LogP contribution in [-0.2, 0) is 48.1 Å². The number of carboxylic acid groups (broad SMARTS) is 2. The highest BCUT2D eigenvalue weighted by Gasteiger charge is 2.18. The second kappa shape index (κ2) is 32.9. The number of carboxylic acids is 2. The van der Waals surface area contributed by atoms with Crippen molar-refractivity contribution in [1.82, 2.24) is 15.3 Å². The summed E-state index contributed by atoms with van der Waals surface area (Å²) < 4.78 is 23.8. The first-order valence-electron chi connectivity index (χ1n) is 26.5. The van der Waals surface area contributed by atoms with Gasteiger partial charge in [-0.3, -0.25) is 0 Å². The van der Waals surface area contributed by atoms with Crippen LogP contribution in [0.2, 0.25) is 0 Å². The minimum atomic E-state index is -1.82. The molecule has 74 heavy (non-hydrogen) atoms. The Balaban J connectivity index is 0.000000298. The zero-order valence-corrected chi connectivity index (χ0v) is 46.0. The third kappa shape index (κ3) is 20.2. The first-order valence-corrected chi connectivity index (χ1v) is 27.4. The molecular formula is C60H82N4O9S. The van der Waals surface area contributed by atoms with Crippen molar-refractivity contribution in [3.63, 3.8) is 0 Å². The van der Waals surface area contributed by atoms with Gasteiger partial charge in [0.05, 0.1) is 31.2 Å². The van der Waals surface area contributed by atoms with Crippen molar-refractivity contribution in [3.8, 4) is 45.0 Å². The van der Waals surface area contributed by atoms with E-state index in [0.29, 0.717) is 50.3 Å². The van der Waals surface area contributed by atoms with Crippen LogP contribution in [0.25, 0.3) is 22.0 Å². The molecule has 2 heterocycles. The van der Waals surface area contributed by atoms with E-state index in [-0.39, 0.29) is 0 Å². The van der Waals surface area contributed by atoms with Gasteiger partial charge < -0.3 is 45.0 Å². The molecule has 0 aliphatic rings. The van der Waals surface area contributed by atoms with Crippen LogP contribution in [0.3, 0.4) is 0 Å². The lowest BCUT2D eigenvalue weighted by Crippen LogP contribution is -2.15. The molecule has 14 heteroatoms. The Bertz CT molecular complexity index is 2590. The number of phenolic OH excluding ortho intramolecular Hbond substituents is 1. The Morgan fingerprint density at radius 2 is 1.43 bits per heavy atom. The monoisotopic (exact) mass is 1030 g/mol. The fourth-order valence-corrected chi connectivity index (χ4v) is 9.10. The number of oxazole rings is 1. The number of ether oxygens (including phenoxy) is 3. The molecule has 4 aromatic carbocycles. The van der Waals surface area contributed by atoms with E-state index >= 15 is 0 Å².